The number of pyridine rings is 1. The van der Waals surface area contributed by atoms with E-state index in [-0.39, 0.29) is 11.9 Å². The highest BCUT2D eigenvalue weighted by molar-refractivity contribution is 5.98. The van der Waals surface area contributed by atoms with Crippen molar-refractivity contribution in [3.63, 3.8) is 0 Å². The number of carbonyl (C=O) groups excluding carboxylic acids is 1. The molecule has 4 rings (SSSR count). The van der Waals surface area contributed by atoms with Crippen LogP contribution in [0.2, 0.25) is 0 Å². The van der Waals surface area contributed by atoms with Crippen LogP contribution in [0, 0.1) is 19.8 Å². The molecule has 2 aromatic heterocycles. The minimum absolute atomic E-state index is 0.0289. The Labute approximate surface area is 177 Å². The van der Waals surface area contributed by atoms with Crippen molar-refractivity contribution in [1.29, 1.82) is 0 Å². The molecule has 3 aromatic rings. The van der Waals surface area contributed by atoms with Gasteiger partial charge in [-0.25, -0.2) is 4.98 Å². The molecular formula is C23H28N6O. The number of likely N-dealkylation sites (tertiary alicyclic amines) is 1. The molecule has 0 spiro atoms. The number of hydrogen-bond donors (Lipinski definition) is 1. The van der Waals surface area contributed by atoms with Crippen molar-refractivity contribution < 1.29 is 4.79 Å². The Morgan fingerprint density at radius 1 is 1.13 bits per heavy atom. The highest BCUT2D eigenvalue weighted by atomic mass is 16.2. The number of aryl methyl sites for hydroxylation is 2. The lowest BCUT2D eigenvalue weighted by Gasteiger charge is -2.40. The maximum Gasteiger partial charge on any atom is 0.256 e. The van der Waals surface area contributed by atoms with Crippen LogP contribution in [-0.2, 0) is 0 Å². The number of nitrogens with zero attached hydrogens (tertiary/aromatic N) is 5. The van der Waals surface area contributed by atoms with E-state index in [4.69, 9.17) is 0 Å². The zero-order chi connectivity index (χ0) is 21.1. The van der Waals surface area contributed by atoms with Gasteiger partial charge in [0.25, 0.3) is 5.91 Å². The van der Waals surface area contributed by atoms with E-state index in [1.54, 1.807) is 12.4 Å². The second-order valence-corrected chi connectivity index (χ2v) is 8.13. The van der Waals surface area contributed by atoms with E-state index < -0.39 is 0 Å². The Bertz CT molecular complexity index is 999. The number of nitrogens with one attached hydrogen (secondary N) is 1. The Hall–Kier alpha value is -3.22. The number of benzene rings is 1. The molecule has 1 aliphatic heterocycles. The van der Waals surface area contributed by atoms with E-state index in [0.29, 0.717) is 23.7 Å². The molecule has 1 amide bonds. The van der Waals surface area contributed by atoms with Crippen molar-refractivity contribution in [2.24, 2.45) is 5.92 Å². The quantitative estimate of drug-likeness (QED) is 0.703. The number of piperidine rings is 1. The largest absolute Gasteiger partial charge is 0.368 e. The van der Waals surface area contributed by atoms with E-state index in [2.05, 4.69) is 27.4 Å². The summed E-state index contributed by atoms with van der Waals surface area (Å²) < 4.78 is 0. The summed E-state index contributed by atoms with van der Waals surface area (Å²) in [5.41, 5.74) is 3.51. The van der Waals surface area contributed by atoms with Gasteiger partial charge in [-0.2, -0.15) is 15.0 Å². The van der Waals surface area contributed by atoms with Crippen molar-refractivity contribution >= 4 is 11.7 Å². The molecule has 0 saturated carbocycles. The molecule has 30 heavy (non-hydrogen) atoms. The SMILES string of the molecule is Cc1ccc(NCC2[C@H](C)CCCN2C(=O)c2cc(C)ccc2-n2nccn2)nc1. The summed E-state index contributed by atoms with van der Waals surface area (Å²) in [6, 6.07) is 9.95. The van der Waals surface area contributed by atoms with Gasteiger partial charge in [0.05, 0.1) is 29.7 Å². The zero-order valence-electron chi connectivity index (χ0n) is 17.7. The van der Waals surface area contributed by atoms with Gasteiger partial charge in [-0.3, -0.25) is 4.79 Å². The first-order valence-electron chi connectivity index (χ1n) is 10.5. The Morgan fingerprint density at radius 2 is 1.90 bits per heavy atom. The minimum Gasteiger partial charge on any atom is -0.368 e. The van der Waals surface area contributed by atoms with Crippen LogP contribution in [0.1, 0.15) is 41.3 Å². The van der Waals surface area contributed by atoms with Crippen LogP contribution in [-0.4, -0.2) is 49.9 Å². The number of amides is 1. The molecule has 1 aliphatic rings. The Balaban J connectivity index is 1.60. The number of carbonyl (C=O) groups is 1. The molecule has 2 atom stereocenters. The van der Waals surface area contributed by atoms with Gasteiger partial charge in [-0.05, 0) is 56.4 Å². The van der Waals surface area contributed by atoms with E-state index in [9.17, 15) is 4.79 Å². The van der Waals surface area contributed by atoms with Gasteiger partial charge in [0, 0.05) is 19.3 Å². The fourth-order valence-electron chi connectivity index (χ4n) is 4.08. The third kappa shape index (κ3) is 4.20. The van der Waals surface area contributed by atoms with Crippen LogP contribution in [0.3, 0.4) is 0 Å². The van der Waals surface area contributed by atoms with Gasteiger partial charge in [0.2, 0.25) is 0 Å². The number of aromatic nitrogens is 4. The van der Waals surface area contributed by atoms with E-state index >= 15 is 0 Å². The van der Waals surface area contributed by atoms with Gasteiger partial charge in [0.15, 0.2) is 0 Å². The first-order chi connectivity index (χ1) is 14.5. The molecule has 1 unspecified atom stereocenters. The maximum absolute atomic E-state index is 13.7. The molecule has 1 fully saturated rings. The summed E-state index contributed by atoms with van der Waals surface area (Å²) in [4.78, 5) is 21.7. The predicted octanol–water partition coefficient (Wildman–Crippen LogP) is 3.63. The molecule has 156 valence electrons. The number of anilines is 1. The Kier molecular flexibility index (Phi) is 5.79. The molecule has 0 bridgehead atoms. The molecular weight excluding hydrogens is 376 g/mol. The van der Waals surface area contributed by atoms with E-state index in [1.807, 2.05) is 55.3 Å². The molecule has 1 saturated heterocycles. The van der Waals surface area contributed by atoms with Crippen molar-refractivity contribution in [3.8, 4) is 5.69 Å². The summed E-state index contributed by atoms with van der Waals surface area (Å²) >= 11 is 0. The van der Waals surface area contributed by atoms with Crippen molar-refractivity contribution in [2.75, 3.05) is 18.4 Å². The first kappa shape index (κ1) is 20.1. The monoisotopic (exact) mass is 404 g/mol. The van der Waals surface area contributed by atoms with Crippen LogP contribution < -0.4 is 5.32 Å². The van der Waals surface area contributed by atoms with Gasteiger partial charge in [-0.15, -0.1) is 0 Å². The van der Waals surface area contributed by atoms with Crippen molar-refractivity contribution in [1.82, 2.24) is 24.9 Å². The molecule has 1 aromatic carbocycles. The maximum atomic E-state index is 13.7. The van der Waals surface area contributed by atoms with Gasteiger partial charge < -0.3 is 10.2 Å². The van der Waals surface area contributed by atoms with Gasteiger partial charge in [0.1, 0.15) is 5.82 Å². The summed E-state index contributed by atoms with van der Waals surface area (Å²) in [6.07, 6.45) is 7.22. The Morgan fingerprint density at radius 3 is 2.63 bits per heavy atom. The normalized spacial score (nSPS) is 19.0. The summed E-state index contributed by atoms with van der Waals surface area (Å²) in [5.74, 6) is 1.26. The smallest absolute Gasteiger partial charge is 0.256 e. The van der Waals surface area contributed by atoms with E-state index in [1.165, 1.54) is 4.80 Å². The third-order valence-electron chi connectivity index (χ3n) is 5.80. The lowest BCUT2D eigenvalue weighted by atomic mass is 9.89. The fourth-order valence-corrected chi connectivity index (χ4v) is 4.08. The molecule has 1 N–H and O–H groups in total. The van der Waals surface area contributed by atoms with Crippen LogP contribution in [0.25, 0.3) is 5.69 Å². The molecule has 7 heteroatoms. The minimum atomic E-state index is 0.0289. The van der Waals surface area contributed by atoms with Gasteiger partial charge >= 0.3 is 0 Å². The van der Waals surface area contributed by atoms with Crippen LogP contribution in [0.15, 0.2) is 48.9 Å². The number of rotatable bonds is 5. The predicted molar refractivity (Wildman–Crippen MR) is 117 cm³/mol. The lowest BCUT2D eigenvalue weighted by Crippen LogP contribution is -2.51. The molecule has 7 nitrogen and oxygen atoms in total. The fraction of sp³-hybridized carbons (Fsp3) is 0.391. The zero-order valence-corrected chi connectivity index (χ0v) is 17.7. The highest BCUT2D eigenvalue weighted by Crippen LogP contribution is 2.27. The third-order valence-corrected chi connectivity index (χ3v) is 5.80. The topological polar surface area (TPSA) is 75.9 Å². The standard InChI is InChI=1S/C23H28N6O/c1-16-6-8-20(29-26-10-11-27-29)19(13-16)23(30)28-12-4-5-18(3)21(28)15-25-22-9-7-17(2)14-24-22/h6-11,13-14,18,21H,4-5,12,15H2,1-3H3,(H,24,25)/t18-,21?/m1/s1. The summed E-state index contributed by atoms with van der Waals surface area (Å²) in [7, 11) is 0. The summed E-state index contributed by atoms with van der Waals surface area (Å²) in [5, 5.41) is 11.9. The van der Waals surface area contributed by atoms with E-state index in [0.717, 1.165) is 36.3 Å². The van der Waals surface area contributed by atoms with Crippen LogP contribution in [0.4, 0.5) is 5.82 Å². The summed E-state index contributed by atoms with van der Waals surface area (Å²) in [6.45, 7) is 7.66. The first-order valence-corrected chi connectivity index (χ1v) is 10.5. The second-order valence-electron chi connectivity index (χ2n) is 8.13. The van der Waals surface area contributed by atoms with Crippen LogP contribution in [0.5, 0.6) is 0 Å². The average Bonchev–Trinajstić information content (AvgIpc) is 3.28. The van der Waals surface area contributed by atoms with Gasteiger partial charge in [-0.1, -0.05) is 24.6 Å². The molecule has 0 radical (unpaired) electrons. The molecule has 0 aliphatic carbocycles. The number of hydrogen-bond acceptors (Lipinski definition) is 5. The van der Waals surface area contributed by atoms with Crippen LogP contribution >= 0.6 is 0 Å². The highest BCUT2D eigenvalue weighted by Gasteiger charge is 2.33. The second kappa shape index (κ2) is 8.65. The van der Waals surface area contributed by atoms with Crippen molar-refractivity contribution in [3.05, 3.63) is 65.6 Å². The van der Waals surface area contributed by atoms with Crippen molar-refractivity contribution in [2.45, 2.75) is 39.7 Å². The molecule has 3 heterocycles. The lowest BCUT2D eigenvalue weighted by molar-refractivity contribution is 0.0539. The average molecular weight is 405 g/mol.